The Balaban J connectivity index is 1.79. The van der Waals surface area contributed by atoms with Gasteiger partial charge in [-0.1, -0.05) is 12.2 Å². The minimum Gasteiger partial charge on any atom is -0.384 e. The summed E-state index contributed by atoms with van der Waals surface area (Å²) >= 11 is 0. The van der Waals surface area contributed by atoms with Crippen molar-refractivity contribution >= 4 is 5.91 Å². The van der Waals surface area contributed by atoms with E-state index in [4.69, 9.17) is 4.74 Å². The number of ether oxygens (including phenoxy) is 1. The summed E-state index contributed by atoms with van der Waals surface area (Å²) in [5.74, 6) is 0.634. The van der Waals surface area contributed by atoms with Crippen LogP contribution in [-0.4, -0.2) is 40.6 Å². The lowest BCUT2D eigenvalue weighted by Gasteiger charge is -2.35. The molecule has 1 amide bonds. The zero-order valence-corrected chi connectivity index (χ0v) is 12.8. The molecule has 2 heterocycles. The quantitative estimate of drug-likeness (QED) is 0.798. The molecule has 114 valence electrons. The first-order valence-electron chi connectivity index (χ1n) is 7.63. The van der Waals surface area contributed by atoms with Crippen LogP contribution < -0.4 is 0 Å². The highest BCUT2D eigenvalue weighted by molar-refractivity contribution is 5.79. The maximum absolute atomic E-state index is 12.7. The molecule has 1 aromatic rings. The van der Waals surface area contributed by atoms with Crippen LogP contribution in [0.25, 0.3) is 0 Å². The van der Waals surface area contributed by atoms with Gasteiger partial charge in [0, 0.05) is 38.2 Å². The van der Waals surface area contributed by atoms with E-state index in [1.807, 2.05) is 18.3 Å². The number of imidazole rings is 1. The van der Waals surface area contributed by atoms with Crippen LogP contribution in [0.3, 0.4) is 0 Å². The van der Waals surface area contributed by atoms with Crippen LogP contribution in [0, 0.1) is 5.92 Å². The van der Waals surface area contributed by atoms with Crippen molar-refractivity contribution in [3.05, 3.63) is 29.9 Å². The van der Waals surface area contributed by atoms with Gasteiger partial charge in [-0.3, -0.25) is 4.79 Å². The van der Waals surface area contributed by atoms with Crippen LogP contribution in [0.15, 0.2) is 18.5 Å². The fourth-order valence-corrected chi connectivity index (χ4v) is 3.51. The van der Waals surface area contributed by atoms with Crippen molar-refractivity contribution in [2.45, 2.75) is 31.7 Å². The summed E-state index contributed by atoms with van der Waals surface area (Å²) in [6, 6.07) is 0. The Labute approximate surface area is 125 Å². The molecule has 5 nitrogen and oxygen atoms in total. The van der Waals surface area contributed by atoms with Crippen LogP contribution in [0.4, 0.5) is 0 Å². The third kappa shape index (κ3) is 2.75. The molecule has 5 heteroatoms. The normalized spacial score (nSPS) is 25.0. The largest absolute Gasteiger partial charge is 0.384 e. The summed E-state index contributed by atoms with van der Waals surface area (Å²) in [5, 5.41) is 0. The molecular formula is C16H23N3O2. The van der Waals surface area contributed by atoms with Gasteiger partial charge in [-0.2, -0.15) is 0 Å². The van der Waals surface area contributed by atoms with Gasteiger partial charge in [0.05, 0.1) is 25.2 Å². The van der Waals surface area contributed by atoms with Crippen LogP contribution in [0.5, 0.6) is 0 Å². The van der Waals surface area contributed by atoms with Gasteiger partial charge < -0.3 is 14.2 Å². The highest BCUT2D eigenvalue weighted by Crippen LogP contribution is 2.30. The van der Waals surface area contributed by atoms with Crippen molar-refractivity contribution in [1.29, 1.82) is 0 Å². The fraction of sp³-hybridized carbons (Fsp3) is 0.625. The number of fused-ring (bicyclic) bond motifs is 1. The van der Waals surface area contributed by atoms with Crippen molar-refractivity contribution < 1.29 is 9.53 Å². The lowest BCUT2D eigenvalue weighted by Crippen LogP contribution is -2.43. The Bertz CT molecular complexity index is 550. The Hall–Kier alpha value is -1.62. The molecule has 0 fully saturated rings. The van der Waals surface area contributed by atoms with E-state index in [0.29, 0.717) is 13.2 Å². The van der Waals surface area contributed by atoms with Gasteiger partial charge in [-0.25, -0.2) is 4.98 Å². The first kappa shape index (κ1) is 14.3. The molecule has 1 aliphatic heterocycles. The molecule has 3 rings (SSSR count). The number of rotatable bonds is 3. The number of amides is 1. The number of hydrogen-bond donors (Lipinski definition) is 0. The standard InChI is InChI=1S/C16H23N3O2/c1-18-11-17-14-9-19(8-13(10-21-2)15(14)18)16(20)12-6-4-3-5-7-12/h3-4,11-13H,5-10H2,1-2H3/t12-,13-/m1/s1. The van der Waals surface area contributed by atoms with E-state index in [-0.39, 0.29) is 17.7 Å². The minimum absolute atomic E-state index is 0.142. The van der Waals surface area contributed by atoms with Crippen LogP contribution in [0.1, 0.15) is 36.6 Å². The third-order valence-corrected chi connectivity index (χ3v) is 4.53. The van der Waals surface area contributed by atoms with Gasteiger partial charge in [0.2, 0.25) is 5.91 Å². The maximum Gasteiger partial charge on any atom is 0.226 e. The molecule has 0 saturated heterocycles. The molecule has 21 heavy (non-hydrogen) atoms. The SMILES string of the molecule is COC[C@H]1CN(C(=O)[C@@H]2CC=CCC2)Cc2ncn(C)c21. The van der Waals surface area contributed by atoms with E-state index in [9.17, 15) is 4.79 Å². The Morgan fingerprint density at radius 2 is 2.33 bits per heavy atom. The predicted molar refractivity (Wildman–Crippen MR) is 79.7 cm³/mol. The topological polar surface area (TPSA) is 47.4 Å². The van der Waals surface area contributed by atoms with E-state index in [2.05, 4.69) is 21.7 Å². The Kier molecular flexibility index (Phi) is 4.10. The van der Waals surface area contributed by atoms with E-state index in [0.717, 1.165) is 31.5 Å². The lowest BCUT2D eigenvalue weighted by atomic mass is 9.91. The number of carbonyl (C=O) groups is 1. The average molecular weight is 289 g/mol. The number of carbonyl (C=O) groups excluding carboxylic acids is 1. The number of methoxy groups -OCH3 is 1. The summed E-state index contributed by atoms with van der Waals surface area (Å²) in [5.41, 5.74) is 2.23. The zero-order valence-electron chi connectivity index (χ0n) is 12.8. The molecule has 1 aromatic heterocycles. The average Bonchev–Trinajstić information content (AvgIpc) is 2.89. The van der Waals surface area contributed by atoms with Crippen LogP contribution >= 0.6 is 0 Å². The first-order chi connectivity index (χ1) is 10.2. The second-order valence-corrected chi connectivity index (χ2v) is 6.04. The molecule has 2 aliphatic rings. The second-order valence-electron chi connectivity index (χ2n) is 6.04. The predicted octanol–water partition coefficient (Wildman–Crippen LogP) is 1.85. The molecule has 0 radical (unpaired) electrons. The summed E-state index contributed by atoms with van der Waals surface area (Å²) in [7, 11) is 3.72. The van der Waals surface area contributed by atoms with Gasteiger partial charge in [0.25, 0.3) is 0 Å². The Morgan fingerprint density at radius 3 is 3.05 bits per heavy atom. The van der Waals surface area contributed by atoms with E-state index in [1.54, 1.807) is 7.11 Å². The van der Waals surface area contributed by atoms with Crippen LogP contribution in [0.2, 0.25) is 0 Å². The van der Waals surface area contributed by atoms with Crippen molar-refractivity contribution in [1.82, 2.24) is 14.5 Å². The monoisotopic (exact) mass is 289 g/mol. The van der Waals surface area contributed by atoms with Gasteiger partial charge >= 0.3 is 0 Å². The van der Waals surface area contributed by atoms with Crippen molar-refractivity contribution in [2.24, 2.45) is 13.0 Å². The first-order valence-corrected chi connectivity index (χ1v) is 7.63. The smallest absolute Gasteiger partial charge is 0.226 e. The molecular weight excluding hydrogens is 266 g/mol. The highest BCUT2D eigenvalue weighted by atomic mass is 16.5. The molecule has 1 aliphatic carbocycles. The second kappa shape index (κ2) is 6.02. The van der Waals surface area contributed by atoms with Crippen molar-refractivity contribution in [3.8, 4) is 0 Å². The molecule has 0 spiro atoms. The van der Waals surface area contributed by atoms with E-state index >= 15 is 0 Å². The van der Waals surface area contributed by atoms with E-state index in [1.165, 1.54) is 5.69 Å². The lowest BCUT2D eigenvalue weighted by molar-refractivity contribution is -0.137. The Morgan fingerprint density at radius 1 is 1.48 bits per heavy atom. The van der Waals surface area contributed by atoms with Crippen molar-refractivity contribution in [2.75, 3.05) is 20.3 Å². The highest BCUT2D eigenvalue weighted by Gasteiger charge is 2.33. The summed E-state index contributed by atoms with van der Waals surface area (Å²) in [6.07, 6.45) is 9.00. The van der Waals surface area contributed by atoms with Crippen molar-refractivity contribution in [3.63, 3.8) is 0 Å². The number of nitrogens with zero attached hydrogens (tertiary/aromatic N) is 3. The molecule has 0 unspecified atom stereocenters. The third-order valence-electron chi connectivity index (χ3n) is 4.53. The summed E-state index contributed by atoms with van der Waals surface area (Å²) in [4.78, 5) is 19.2. The zero-order chi connectivity index (χ0) is 14.8. The maximum atomic E-state index is 12.7. The fourth-order valence-electron chi connectivity index (χ4n) is 3.51. The number of aromatic nitrogens is 2. The summed E-state index contributed by atoms with van der Waals surface area (Å²) < 4.78 is 7.41. The van der Waals surface area contributed by atoms with Gasteiger partial charge in [0.15, 0.2) is 0 Å². The minimum atomic E-state index is 0.142. The summed E-state index contributed by atoms with van der Waals surface area (Å²) in [6.45, 7) is 2.00. The molecule has 0 bridgehead atoms. The molecule has 0 saturated carbocycles. The molecule has 0 N–H and O–H groups in total. The molecule has 2 atom stereocenters. The van der Waals surface area contributed by atoms with Crippen LogP contribution in [-0.2, 0) is 23.1 Å². The molecule has 0 aromatic carbocycles. The number of hydrogen-bond acceptors (Lipinski definition) is 3. The van der Waals surface area contributed by atoms with Gasteiger partial charge in [-0.05, 0) is 19.3 Å². The van der Waals surface area contributed by atoms with Gasteiger partial charge in [0.1, 0.15) is 0 Å². The van der Waals surface area contributed by atoms with Gasteiger partial charge in [-0.15, -0.1) is 0 Å². The number of aryl methyl sites for hydroxylation is 1. The van der Waals surface area contributed by atoms with E-state index < -0.39 is 0 Å². The number of allylic oxidation sites excluding steroid dienone is 2.